The molecule has 2 aromatic rings. The first kappa shape index (κ1) is 11.9. The van der Waals surface area contributed by atoms with Gasteiger partial charge in [-0.1, -0.05) is 12.1 Å². The van der Waals surface area contributed by atoms with Crippen molar-refractivity contribution in [2.45, 2.75) is 0 Å². The van der Waals surface area contributed by atoms with Crippen LogP contribution in [0.4, 0.5) is 5.82 Å². The summed E-state index contributed by atoms with van der Waals surface area (Å²) < 4.78 is 5.19. The maximum absolute atomic E-state index is 5.39. The lowest BCUT2D eigenvalue weighted by atomic mass is 10.1. The summed E-state index contributed by atoms with van der Waals surface area (Å²) in [5, 5.41) is 0. The van der Waals surface area contributed by atoms with Crippen LogP contribution in [-0.2, 0) is 0 Å². The number of rotatable bonds is 3. The van der Waals surface area contributed by atoms with Crippen LogP contribution >= 0.6 is 0 Å². The molecule has 0 amide bonds. The van der Waals surface area contributed by atoms with Gasteiger partial charge in [-0.25, -0.2) is 4.98 Å². The first-order valence-corrected chi connectivity index (χ1v) is 5.40. The number of benzene rings is 1. The van der Waals surface area contributed by atoms with Crippen LogP contribution in [0.1, 0.15) is 0 Å². The van der Waals surface area contributed by atoms with Gasteiger partial charge in [0.1, 0.15) is 5.75 Å². The number of nitrogens with zero attached hydrogens (tertiary/aromatic N) is 2. The molecule has 1 aromatic carbocycles. The minimum Gasteiger partial charge on any atom is -0.497 e. The molecule has 0 atom stereocenters. The molecule has 5 heteroatoms. The lowest BCUT2D eigenvalue weighted by Gasteiger charge is -2.07. The Morgan fingerprint density at radius 1 is 1.22 bits per heavy atom. The fraction of sp³-hybridized carbons (Fsp3) is 0.0769. The van der Waals surface area contributed by atoms with Crippen LogP contribution < -0.4 is 16.2 Å². The largest absolute Gasteiger partial charge is 0.497 e. The van der Waals surface area contributed by atoms with E-state index in [4.69, 9.17) is 16.2 Å². The molecule has 2 rings (SSSR count). The maximum atomic E-state index is 5.39. The van der Waals surface area contributed by atoms with Crippen molar-refractivity contribution in [2.75, 3.05) is 7.11 Å². The smallest absolute Gasteiger partial charge is 0.192 e. The van der Waals surface area contributed by atoms with Gasteiger partial charge in [0.05, 0.1) is 7.11 Å². The molecule has 0 radical (unpaired) electrons. The summed E-state index contributed by atoms with van der Waals surface area (Å²) >= 11 is 0. The quantitative estimate of drug-likeness (QED) is 0.633. The second-order valence-corrected chi connectivity index (χ2v) is 3.64. The van der Waals surface area contributed by atoms with Crippen LogP contribution in [0.5, 0.6) is 5.75 Å². The van der Waals surface area contributed by atoms with Crippen LogP contribution in [0, 0.1) is 0 Å². The zero-order valence-corrected chi connectivity index (χ0v) is 10.00. The van der Waals surface area contributed by atoms with Crippen LogP contribution in [0.3, 0.4) is 0 Å². The second kappa shape index (κ2) is 5.18. The Balaban J connectivity index is 2.53. The molecule has 0 bridgehead atoms. The summed E-state index contributed by atoms with van der Waals surface area (Å²) in [4.78, 5) is 8.17. The number of pyridine rings is 1. The minimum atomic E-state index is -0.0159. The van der Waals surface area contributed by atoms with Gasteiger partial charge in [-0.05, 0) is 29.8 Å². The van der Waals surface area contributed by atoms with E-state index < -0.39 is 0 Å². The van der Waals surface area contributed by atoms with Crippen molar-refractivity contribution < 1.29 is 4.74 Å². The van der Waals surface area contributed by atoms with Gasteiger partial charge < -0.3 is 16.2 Å². The lowest BCUT2D eigenvalue weighted by Crippen LogP contribution is -2.22. The highest BCUT2D eigenvalue weighted by Crippen LogP contribution is 2.30. The summed E-state index contributed by atoms with van der Waals surface area (Å²) in [6.07, 6.45) is 1.64. The number of nitrogens with two attached hydrogens (primary N) is 2. The molecule has 0 fully saturated rings. The molecule has 92 valence electrons. The zero-order valence-electron chi connectivity index (χ0n) is 10.00. The molecule has 0 saturated heterocycles. The van der Waals surface area contributed by atoms with Gasteiger partial charge in [-0.15, -0.1) is 0 Å². The summed E-state index contributed by atoms with van der Waals surface area (Å²) in [5.41, 5.74) is 12.6. The fourth-order valence-corrected chi connectivity index (χ4v) is 1.62. The highest BCUT2D eigenvalue weighted by atomic mass is 16.5. The molecule has 0 unspecified atom stereocenters. The van der Waals surface area contributed by atoms with Gasteiger partial charge in [0.2, 0.25) is 0 Å². The Bertz CT molecular complexity index is 577. The lowest BCUT2D eigenvalue weighted by molar-refractivity contribution is 0.415. The van der Waals surface area contributed by atoms with Gasteiger partial charge in [0, 0.05) is 11.8 Å². The topological polar surface area (TPSA) is 86.5 Å². The van der Waals surface area contributed by atoms with E-state index in [9.17, 15) is 0 Å². The maximum Gasteiger partial charge on any atom is 0.192 e. The first-order valence-electron chi connectivity index (χ1n) is 5.40. The predicted molar refractivity (Wildman–Crippen MR) is 71.7 cm³/mol. The molecule has 5 nitrogen and oxygen atoms in total. The Morgan fingerprint density at radius 2 is 2.06 bits per heavy atom. The SMILES string of the molecule is COc1cccc(-c2cccnc2N=C(N)N)c1. The summed E-state index contributed by atoms with van der Waals surface area (Å²) in [6, 6.07) is 11.4. The van der Waals surface area contributed by atoms with Gasteiger partial charge in [-0.3, -0.25) is 0 Å². The molecule has 0 aliphatic rings. The fourth-order valence-electron chi connectivity index (χ4n) is 1.62. The molecule has 0 saturated carbocycles. The Kier molecular flexibility index (Phi) is 3.43. The number of guanidine groups is 1. The third-order valence-corrected chi connectivity index (χ3v) is 2.40. The molecule has 18 heavy (non-hydrogen) atoms. The van der Waals surface area contributed by atoms with Crippen molar-refractivity contribution in [2.24, 2.45) is 16.5 Å². The third-order valence-electron chi connectivity index (χ3n) is 2.40. The normalized spacial score (nSPS) is 9.83. The average molecular weight is 242 g/mol. The Labute approximate surface area is 105 Å². The van der Waals surface area contributed by atoms with E-state index in [0.29, 0.717) is 5.82 Å². The van der Waals surface area contributed by atoms with E-state index in [-0.39, 0.29) is 5.96 Å². The summed E-state index contributed by atoms with van der Waals surface area (Å²) in [6.45, 7) is 0. The highest BCUT2D eigenvalue weighted by Gasteiger charge is 2.06. The predicted octanol–water partition coefficient (Wildman–Crippen LogP) is 1.66. The van der Waals surface area contributed by atoms with Gasteiger partial charge in [0.25, 0.3) is 0 Å². The van der Waals surface area contributed by atoms with Crippen LogP contribution in [0.15, 0.2) is 47.6 Å². The van der Waals surface area contributed by atoms with Crippen molar-refractivity contribution in [3.63, 3.8) is 0 Å². The molecule has 4 N–H and O–H groups in total. The second-order valence-electron chi connectivity index (χ2n) is 3.64. The summed E-state index contributed by atoms with van der Waals surface area (Å²) in [7, 11) is 1.62. The average Bonchev–Trinajstić information content (AvgIpc) is 2.39. The van der Waals surface area contributed by atoms with E-state index in [0.717, 1.165) is 16.9 Å². The molecule has 0 aliphatic carbocycles. The number of hydrogen-bond donors (Lipinski definition) is 2. The number of aliphatic imine (C=N–C) groups is 1. The monoisotopic (exact) mass is 242 g/mol. The van der Waals surface area contributed by atoms with E-state index >= 15 is 0 Å². The zero-order chi connectivity index (χ0) is 13.0. The van der Waals surface area contributed by atoms with Crippen LogP contribution in [-0.4, -0.2) is 18.1 Å². The first-order chi connectivity index (χ1) is 8.70. The summed E-state index contributed by atoms with van der Waals surface area (Å²) in [5.74, 6) is 1.25. The van der Waals surface area contributed by atoms with Crippen molar-refractivity contribution in [1.82, 2.24) is 4.98 Å². The van der Waals surface area contributed by atoms with Gasteiger partial charge in [-0.2, -0.15) is 4.99 Å². The Hall–Kier alpha value is -2.56. The van der Waals surface area contributed by atoms with E-state index in [1.807, 2.05) is 36.4 Å². The standard InChI is InChI=1S/C13H14N4O/c1-18-10-5-2-4-9(8-10)11-6-3-7-16-12(11)17-13(14)15/h2-8H,1H3,(H4,14,15,16,17). The van der Waals surface area contributed by atoms with E-state index in [1.165, 1.54) is 0 Å². The molecular formula is C13H14N4O. The molecule has 0 aliphatic heterocycles. The number of methoxy groups -OCH3 is 1. The number of ether oxygens (including phenoxy) is 1. The van der Waals surface area contributed by atoms with Crippen LogP contribution in [0.2, 0.25) is 0 Å². The van der Waals surface area contributed by atoms with Gasteiger partial charge >= 0.3 is 0 Å². The molecule has 1 heterocycles. The van der Waals surface area contributed by atoms with Crippen molar-refractivity contribution in [3.8, 4) is 16.9 Å². The van der Waals surface area contributed by atoms with Crippen LogP contribution in [0.25, 0.3) is 11.1 Å². The van der Waals surface area contributed by atoms with E-state index in [1.54, 1.807) is 13.3 Å². The number of hydrogen-bond acceptors (Lipinski definition) is 3. The van der Waals surface area contributed by atoms with Gasteiger partial charge in [0.15, 0.2) is 11.8 Å². The third kappa shape index (κ3) is 2.57. The van der Waals surface area contributed by atoms with Crippen molar-refractivity contribution in [3.05, 3.63) is 42.6 Å². The number of aromatic nitrogens is 1. The van der Waals surface area contributed by atoms with Crippen molar-refractivity contribution >= 4 is 11.8 Å². The minimum absolute atomic E-state index is 0.0159. The molecule has 1 aromatic heterocycles. The van der Waals surface area contributed by atoms with E-state index in [2.05, 4.69) is 9.98 Å². The molecular weight excluding hydrogens is 228 g/mol. The highest BCUT2D eigenvalue weighted by molar-refractivity contribution is 5.83. The Morgan fingerprint density at radius 3 is 2.78 bits per heavy atom. The molecule has 0 spiro atoms. The van der Waals surface area contributed by atoms with Crippen molar-refractivity contribution in [1.29, 1.82) is 0 Å².